The number of aromatic nitrogens is 2. The van der Waals surface area contributed by atoms with Gasteiger partial charge in [-0.2, -0.15) is 5.26 Å². The van der Waals surface area contributed by atoms with E-state index in [0.717, 1.165) is 36.7 Å². The lowest BCUT2D eigenvalue weighted by atomic mass is 9.87. The third kappa shape index (κ3) is 8.56. The Balaban J connectivity index is 1.34. The molecule has 1 N–H and O–H groups in total. The fraction of sp³-hybridized carbons (Fsp3) is 0.613. The standard InChI is InChI=1S/C31H44N6O3/c1-31(2,3)40-30(39)37-18-17-35(16-14-24-7-5-4-6-8-24)22-28(37)29(38)34-15-13-27-20-33-23-36(27)21-26-11-9-25(19-32)10-12-26/h9-12,20,23-24,28H,4-8,13-18,21-22H2,1-3H3,(H,34,38). The van der Waals surface area contributed by atoms with Gasteiger partial charge in [0.2, 0.25) is 5.91 Å². The number of nitrogens with zero attached hydrogens (tertiary/aromatic N) is 5. The molecule has 1 saturated heterocycles. The van der Waals surface area contributed by atoms with E-state index >= 15 is 0 Å². The highest BCUT2D eigenvalue weighted by Gasteiger charge is 2.37. The van der Waals surface area contributed by atoms with Gasteiger partial charge in [-0.1, -0.05) is 44.2 Å². The summed E-state index contributed by atoms with van der Waals surface area (Å²) < 4.78 is 7.71. The van der Waals surface area contributed by atoms with Crippen molar-refractivity contribution >= 4 is 12.0 Å². The van der Waals surface area contributed by atoms with E-state index < -0.39 is 17.7 Å². The van der Waals surface area contributed by atoms with Crippen LogP contribution in [0.5, 0.6) is 0 Å². The Morgan fingerprint density at radius 3 is 2.58 bits per heavy atom. The van der Waals surface area contributed by atoms with Gasteiger partial charge >= 0.3 is 6.09 Å². The molecule has 1 aliphatic carbocycles. The van der Waals surface area contributed by atoms with Crippen LogP contribution in [-0.4, -0.2) is 75.7 Å². The number of carbonyl (C=O) groups excluding carboxylic acids is 2. The summed E-state index contributed by atoms with van der Waals surface area (Å²) >= 11 is 0. The Bertz CT molecular complexity index is 1160. The SMILES string of the molecule is CC(C)(C)OC(=O)N1CCN(CCC2CCCCC2)CC1C(=O)NCCc1cncn1Cc1ccc(C#N)cc1. The zero-order valence-electron chi connectivity index (χ0n) is 24.3. The smallest absolute Gasteiger partial charge is 0.411 e. The van der Waals surface area contributed by atoms with E-state index in [2.05, 4.69) is 21.3 Å². The van der Waals surface area contributed by atoms with Gasteiger partial charge < -0.3 is 14.6 Å². The molecule has 0 radical (unpaired) electrons. The van der Waals surface area contributed by atoms with E-state index in [1.165, 1.54) is 32.1 Å². The third-order valence-electron chi connectivity index (χ3n) is 7.89. The number of benzene rings is 1. The molecule has 1 aromatic heterocycles. The van der Waals surface area contributed by atoms with E-state index in [0.29, 0.717) is 38.2 Å². The summed E-state index contributed by atoms with van der Waals surface area (Å²) in [4.78, 5) is 34.7. The molecule has 1 aliphatic heterocycles. The van der Waals surface area contributed by atoms with Crippen molar-refractivity contribution in [2.24, 2.45) is 5.92 Å². The van der Waals surface area contributed by atoms with Crippen LogP contribution < -0.4 is 5.32 Å². The number of imidazole rings is 1. The molecule has 9 nitrogen and oxygen atoms in total. The molecule has 9 heteroatoms. The zero-order chi connectivity index (χ0) is 28.5. The van der Waals surface area contributed by atoms with Gasteiger partial charge in [0.25, 0.3) is 0 Å². The predicted octanol–water partition coefficient (Wildman–Crippen LogP) is 4.35. The maximum atomic E-state index is 13.5. The average Bonchev–Trinajstić information content (AvgIpc) is 3.38. The molecule has 1 aromatic carbocycles. The Hall–Kier alpha value is -3.38. The zero-order valence-corrected chi connectivity index (χ0v) is 24.3. The topological polar surface area (TPSA) is 103 Å². The third-order valence-corrected chi connectivity index (χ3v) is 7.89. The van der Waals surface area contributed by atoms with Crippen LogP contribution in [0, 0.1) is 17.2 Å². The molecule has 216 valence electrons. The first-order chi connectivity index (χ1) is 19.2. The Labute approximate surface area is 238 Å². The van der Waals surface area contributed by atoms with E-state index in [1.807, 2.05) is 55.8 Å². The number of rotatable bonds is 9. The minimum absolute atomic E-state index is 0.147. The van der Waals surface area contributed by atoms with Crippen LogP contribution in [0.3, 0.4) is 0 Å². The van der Waals surface area contributed by atoms with Gasteiger partial charge in [0, 0.05) is 51.0 Å². The molecule has 4 rings (SSSR count). The fourth-order valence-electron chi connectivity index (χ4n) is 5.66. The van der Waals surface area contributed by atoms with Crippen LogP contribution in [-0.2, 0) is 22.5 Å². The minimum atomic E-state index is -0.621. The molecule has 1 atom stereocenters. The number of nitrogens with one attached hydrogen (secondary N) is 1. The van der Waals surface area contributed by atoms with Crippen LogP contribution in [0.15, 0.2) is 36.8 Å². The van der Waals surface area contributed by atoms with Crippen LogP contribution in [0.25, 0.3) is 0 Å². The van der Waals surface area contributed by atoms with Crippen LogP contribution in [0.4, 0.5) is 4.79 Å². The summed E-state index contributed by atoms with van der Waals surface area (Å²) in [5, 5.41) is 12.1. The second kappa shape index (κ2) is 13.8. The van der Waals surface area contributed by atoms with E-state index in [-0.39, 0.29) is 5.91 Å². The molecule has 2 aromatic rings. The maximum Gasteiger partial charge on any atom is 0.411 e. The summed E-state index contributed by atoms with van der Waals surface area (Å²) in [6.45, 7) is 9.35. The first kappa shape index (κ1) is 29.6. The van der Waals surface area contributed by atoms with Crippen molar-refractivity contribution in [2.45, 2.75) is 83.9 Å². The molecule has 2 amide bonds. The normalized spacial score (nSPS) is 18.8. The number of carbonyl (C=O) groups is 2. The number of amides is 2. The van der Waals surface area contributed by atoms with Gasteiger partial charge in [0.15, 0.2) is 0 Å². The molecule has 1 saturated carbocycles. The van der Waals surface area contributed by atoms with Crippen molar-refractivity contribution in [2.75, 3.05) is 32.7 Å². The average molecular weight is 549 g/mol. The minimum Gasteiger partial charge on any atom is -0.444 e. The van der Waals surface area contributed by atoms with E-state index in [9.17, 15) is 9.59 Å². The van der Waals surface area contributed by atoms with E-state index in [4.69, 9.17) is 10.00 Å². The molecular formula is C31H44N6O3. The molecule has 2 fully saturated rings. The fourth-order valence-corrected chi connectivity index (χ4v) is 5.66. The first-order valence-electron chi connectivity index (χ1n) is 14.7. The Kier molecular flexibility index (Phi) is 10.2. The molecule has 1 unspecified atom stereocenters. The summed E-state index contributed by atoms with van der Waals surface area (Å²) in [7, 11) is 0. The molecular weight excluding hydrogens is 504 g/mol. The summed E-state index contributed by atoms with van der Waals surface area (Å²) in [6, 6.07) is 9.06. The van der Waals surface area contributed by atoms with Crippen LogP contribution >= 0.6 is 0 Å². The van der Waals surface area contributed by atoms with Gasteiger partial charge in [-0.25, -0.2) is 9.78 Å². The lowest BCUT2D eigenvalue weighted by Crippen LogP contribution is -2.61. The molecule has 40 heavy (non-hydrogen) atoms. The predicted molar refractivity (Wildman–Crippen MR) is 154 cm³/mol. The summed E-state index contributed by atoms with van der Waals surface area (Å²) in [5.74, 6) is 0.630. The lowest BCUT2D eigenvalue weighted by Gasteiger charge is -2.41. The first-order valence-corrected chi connectivity index (χ1v) is 14.7. The highest BCUT2D eigenvalue weighted by molar-refractivity contribution is 5.86. The Morgan fingerprint density at radius 1 is 1.12 bits per heavy atom. The van der Waals surface area contributed by atoms with Gasteiger partial charge in [-0.05, 0) is 57.4 Å². The molecule has 0 bridgehead atoms. The van der Waals surface area contributed by atoms with Crippen LogP contribution in [0.2, 0.25) is 0 Å². The van der Waals surface area contributed by atoms with Crippen molar-refractivity contribution in [3.63, 3.8) is 0 Å². The largest absolute Gasteiger partial charge is 0.444 e. The highest BCUT2D eigenvalue weighted by Crippen LogP contribution is 2.27. The molecule has 2 heterocycles. The number of hydrogen-bond donors (Lipinski definition) is 1. The Morgan fingerprint density at radius 2 is 1.88 bits per heavy atom. The number of ether oxygens (including phenoxy) is 1. The van der Waals surface area contributed by atoms with Gasteiger partial charge in [0.05, 0.1) is 18.0 Å². The van der Waals surface area contributed by atoms with Gasteiger partial charge in [-0.15, -0.1) is 0 Å². The highest BCUT2D eigenvalue weighted by atomic mass is 16.6. The van der Waals surface area contributed by atoms with Gasteiger partial charge in [0.1, 0.15) is 11.6 Å². The number of hydrogen-bond acceptors (Lipinski definition) is 6. The van der Waals surface area contributed by atoms with Crippen molar-refractivity contribution in [1.82, 2.24) is 24.7 Å². The monoisotopic (exact) mass is 548 g/mol. The molecule has 0 spiro atoms. The van der Waals surface area contributed by atoms with Crippen molar-refractivity contribution in [1.29, 1.82) is 5.26 Å². The summed E-state index contributed by atoms with van der Waals surface area (Å²) in [6.07, 6.45) is 11.6. The maximum absolute atomic E-state index is 13.5. The van der Waals surface area contributed by atoms with Gasteiger partial charge in [-0.3, -0.25) is 14.6 Å². The van der Waals surface area contributed by atoms with E-state index in [1.54, 1.807) is 11.2 Å². The van der Waals surface area contributed by atoms with Crippen molar-refractivity contribution in [3.05, 3.63) is 53.6 Å². The van der Waals surface area contributed by atoms with Crippen molar-refractivity contribution in [3.8, 4) is 6.07 Å². The second-order valence-corrected chi connectivity index (χ2v) is 12.1. The number of nitriles is 1. The molecule has 2 aliphatic rings. The van der Waals surface area contributed by atoms with Crippen LogP contribution in [0.1, 0.15) is 76.1 Å². The second-order valence-electron chi connectivity index (χ2n) is 12.1. The quantitative estimate of drug-likeness (QED) is 0.500. The number of piperazine rings is 1. The lowest BCUT2D eigenvalue weighted by molar-refractivity contribution is -0.128. The summed E-state index contributed by atoms with van der Waals surface area (Å²) in [5.41, 5.74) is 2.09. The van der Waals surface area contributed by atoms with Crippen molar-refractivity contribution < 1.29 is 14.3 Å².